The van der Waals surface area contributed by atoms with Crippen LogP contribution in [0.1, 0.15) is 10.6 Å². The highest BCUT2D eigenvalue weighted by Gasteiger charge is 2.13. The number of thiophene rings is 1. The van der Waals surface area contributed by atoms with E-state index >= 15 is 0 Å². The van der Waals surface area contributed by atoms with Gasteiger partial charge in [-0.05, 0) is 36.6 Å². The van der Waals surface area contributed by atoms with E-state index < -0.39 is 0 Å². The second kappa shape index (κ2) is 6.62. The molecule has 4 rings (SSSR count). The first-order valence-electron chi connectivity index (χ1n) is 7.64. The van der Waals surface area contributed by atoms with Crippen molar-refractivity contribution < 1.29 is 4.79 Å². The van der Waals surface area contributed by atoms with E-state index in [4.69, 9.17) is 0 Å². The normalized spacial score (nSPS) is 11.4. The Labute approximate surface area is 152 Å². The third kappa shape index (κ3) is 3.38. The number of hydrogen-bond donors (Lipinski definition) is 1. The smallest absolute Gasteiger partial charge is 0.249 e. The zero-order valence-electron chi connectivity index (χ0n) is 13.3. The van der Waals surface area contributed by atoms with Gasteiger partial charge in [0.2, 0.25) is 11.0 Å². The van der Waals surface area contributed by atoms with Gasteiger partial charge < -0.3 is 5.32 Å². The summed E-state index contributed by atoms with van der Waals surface area (Å²) >= 11 is 3.12. The van der Waals surface area contributed by atoms with E-state index in [0.717, 1.165) is 25.9 Å². The van der Waals surface area contributed by atoms with Gasteiger partial charge in [-0.2, -0.15) is 9.78 Å². The Morgan fingerprint density at radius 2 is 2.12 bits per heavy atom. The molecule has 4 aromatic rings. The van der Waals surface area contributed by atoms with Crippen molar-refractivity contribution in [2.45, 2.75) is 6.92 Å². The molecule has 0 saturated heterocycles. The van der Waals surface area contributed by atoms with Gasteiger partial charge in [-0.3, -0.25) is 4.79 Å². The first kappa shape index (κ1) is 15.7. The second-order valence-corrected chi connectivity index (χ2v) is 7.37. The van der Waals surface area contributed by atoms with Gasteiger partial charge in [0.05, 0.1) is 15.9 Å². The number of carbonyl (C=O) groups excluding carboxylic acids is 1. The monoisotopic (exact) mass is 366 g/mol. The molecular formula is C18H14N4OS2. The summed E-state index contributed by atoms with van der Waals surface area (Å²) in [6.07, 6.45) is 3.32. The van der Waals surface area contributed by atoms with E-state index in [2.05, 4.69) is 15.4 Å². The minimum absolute atomic E-state index is 0.198. The summed E-state index contributed by atoms with van der Waals surface area (Å²) in [5.74, 6) is 0.410. The number of anilines is 1. The Bertz CT molecular complexity index is 1030. The van der Waals surface area contributed by atoms with Crippen molar-refractivity contribution in [1.29, 1.82) is 0 Å². The number of nitrogens with one attached hydrogen (secondary N) is 1. The fourth-order valence-corrected chi connectivity index (χ4v) is 3.95. The summed E-state index contributed by atoms with van der Waals surface area (Å²) in [6.45, 7) is 1.89. The molecular weight excluding hydrogens is 352 g/mol. The number of fused-ring (bicyclic) bond motifs is 1. The molecule has 124 valence electrons. The Balaban J connectivity index is 1.61. The molecule has 5 nitrogen and oxygen atoms in total. The molecule has 0 spiro atoms. The number of rotatable bonds is 4. The van der Waals surface area contributed by atoms with Crippen LogP contribution in [0.5, 0.6) is 0 Å². The molecule has 0 unspecified atom stereocenters. The molecule has 25 heavy (non-hydrogen) atoms. The molecule has 0 aliphatic rings. The average Bonchev–Trinajstić information content (AvgIpc) is 3.32. The predicted octanol–water partition coefficient (Wildman–Crippen LogP) is 4.50. The van der Waals surface area contributed by atoms with E-state index in [1.54, 1.807) is 22.1 Å². The van der Waals surface area contributed by atoms with Crippen molar-refractivity contribution in [1.82, 2.24) is 14.8 Å². The Morgan fingerprint density at radius 1 is 1.24 bits per heavy atom. The van der Waals surface area contributed by atoms with Gasteiger partial charge in [-0.15, -0.1) is 11.3 Å². The molecule has 1 amide bonds. The number of carbonyl (C=O) groups is 1. The van der Waals surface area contributed by atoms with Gasteiger partial charge in [-0.25, -0.2) is 4.98 Å². The number of amides is 1. The SMILES string of the molecule is Cc1cc(NC(=O)/C=C/c2cccs2)n(-c2nc3ccccc3s2)n1. The third-order valence-electron chi connectivity index (χ3n) is 3.49. The number of aryl methyl sites for hydroxylation is 1. The van der Waals surface area contributed by atoms with Gasteiger partial charge in [0.1, 0.15) is 5.82 Å². The summed E-state index contributed by atoms with van der Waals surface area (Å²) < 4.78 is 2.76. The first-order chi connectivity index (χ1) is 12.2. The minimum atomic E-state index is -0.198. The molecule has 0 radical (unpaired) electrons. The van der Waals surface area contributed by atoms with Crippen molar-refractivity contribution >= 4 is 50.7 Å². The molecule has 3 heterocycles. The molecule has 0 bridgehead atoms. The van der Waals surface area contributed by atoms with Crippen LogP contribution in [0.4, 0.5) is 5.82 Å². The van der Waals surface area contributed by atoms with E-state index in [1.807, 2.05) is 54.8 Å². The highest BCUT2D eigenvalue weighted by atomic mass is 32.1. The lowest BCUT2D eigenvalue weighted by Gasteiger charge is -2.03. The van der Waals surface area contributed by atoms with Gasteiger partial charge in [0.15, 0.2) is 0 Å². The lowest BCUT2D eigenvalue weighted by atomic mass is 10.3. The van der Waals surface area contributed by atoms with Crippen LogP contribution in [0.2, 0.25) is 0 Å². The number of thiazole rings is 1. The highest BCUT2D eigenvalue weighted by Crippen LogP contribution is 2.27. The van der Waals surface area contributed by atoms with Gasteiger partial charge >= 0.3 is 0 Å². The largest absolute Gasteiger partial charge is 0.307 e. The maximum Gasteiger partial charge on any atom is 0.249 e. The maximum absolute atomic E-state index is 12.2. The summed E-state index contributed by atoms with van der Waals surface area (Å²) in [5, 5.41) is 10.1. The van der Waals surface area contributed by atoms with Crippen LogP contribution in [0, 0.1) is 6.92 Å². The minimum Gasteiger partial charge on any atom is -0.307 e. The van der Waals surface area contributed by atoms with Gasteiger partial charge in [0, 0.05) is 17.0 Å². The van der Waals surface area contributed by atoms with Crippen LogP contribution in [0.3, 0.4) is 0 Å². The molecule has 3 aromatic heterocycles. The molecule has 0 fully saturated rings. The third-order valence-corrected chi connectivity index (χ3v) is 5.34. The van der Waals surface area contributed by atoms with E-state index in [1.165, 1.54) is 17.4 Å². The zero-order valence-corrected chi connectivity index (χ0v) is 15.0. The predicted molar refractivity (Wildman–Crippen MR) is 103 cm³/mol. The van der Waals surface area contributed by atoms with Crippen LogP contribution >= 0.6 is 22.7 Å². The fourth-order valence-electron chi connectivity index (χ4n) is 2.40. The lowest BCUT2D eigenvalue weighted by molar-refractivity contribution is -0.111. The van der Waals surface area contributed by atoms with E-state index in [-0.39, 0.29) is 5.91 Å². The topological polar surface area (TPSA) is 59.8 Å². The quantitative estimate of drug-likeness (QED) is 0.541. The van der Waals surface area contributed by atoms with Crippen LogP contribution < -0.4 is 5.32 Å². The van der Waals surface area contributed by atoms with E-state index in [0.29, 0.717) is 5.82 Å². The van der Waals surface area contributed by atoms with Gasteiger partial charge in [-0.1, -0.05) is 29.5 Å². The van der Waals surface area contributed by atoms with Crippen molar-refractivity contribution in [2.75, 3.05) is 5.32 Å². The van der Waals surface area contributed by atoms with Crippen LogP contribution in [-0.4, -0.2) is 20.7 Å². The Hall–Kier alpha value is -2.77. The lowest BCUT2D eigenvalue weighted by Crippen LogP contribution is -2.12. The van der Waals surface area contributed by atoms with Crippen molar-refractivity contribution in [3.8, 4) is 5.13 Å². The molecule has 1 aromatic carbocycles. The second-order valence-electron chi connectivity index (χ2n) is 5.38. The Kier molecular flexibility index (Phi) is 4.17. The molecule has 0 atom stereocenters. The summed E-state index contributed by atoms with van der Waals surface area (Å²) in [6, 6.07) is 13.7. The van der Waals surface area contributed by atoms with Crippen LogP contribution in [-0.2, 0) is 4.79 Å². The van der Waals surface area contributed by atoms with Gasteiger partial charge in [0.25, 0.3) is 0 Å². The molecule has 0 aliphatic heterocycles. The number of hydrogen-bond acceptors (Lipinski definition) is 5. The standard InChI is InChI=1S/C18H14N4OS2/c1-12-11-16(20-17(23)9-8-13-5-4-10-24-13)22(21-12)18-19-14-6-2-3-7-15(14)25-18/h2-11H,1H3,(H,20,23)/b9-8+. The molecule has 7 heteroatoms. The van der Waals surface area contributed by atoms with E-state index in [9.17, 15) is 4.79 Å². The zero-order chi connectivity index (χ0) is 17.2. The molecule has 0 saturated carbocycles. The molecule has 0 aliphatic carbocycles. The highest BCUT2D eigenvalue weighted by molar-refractivity contribution is 7.20. The van der Waals surface area contributed by atoms with Crippen molar-refractivity contribution in [2.24, 2.45) is 0 Å². The average molecular weight is 366 g/mol. The van der Waals surface area contributed by atoms with Crippen molar-refractivity contribution in [3.63, 3.8) is 0 Å². The number of nitrogens with zero attached hydrogens (tertiary/aromatic N) is 3. The maximum atomic E-state index is 12.2. The first-order valence-corrected chi connectivity index (χ1v) is 9.34. The summed E-state index contributed by atoms with van der Waals surface area (Å²) in [4.78, 5) is 17.9. The number of para-hydroxylation sites is 1. The van der Waals surface area contributed by atoms with Crippen LogP contribution in [0.25, 0.3) is 21.4 Å². The summed E-state index contributed by atoms with van der Waals surface area (Å²) in [7, 11) is 0. The van der Waals surface area contributed by atoms with Crippen molar-refractivity contribution in [3.05, 3.63) is 64.5 Å². The van der Waals surface area contributed by atoms with Crippen LogP contribution in [0.15, 0.2) is 53.9 Å². The Morgan fingerprint density at radius 3 is 2.92 bits per heavy atom. The number of aromatic nitrogens is 3. The fraction of sp³-hybridized carbons (Fsp3) is 0.0556. The molecule has 1 N–H and O–H groups in total. The summed E-state index contributed by atoms with van der Waals surface area (Å²) in [5.41, 5.74) is 1.74. The number of benzene rings is 1.